The summed E-state index contributed by atoms with van der Waals surface area (Å²) in [7, 11) is 0. The minimum Gasteiger partial charge on any atom is -0.398 e. The van der Waals surface area contributed by atoms with Crippen LogP contribution in [0.4, 0.5) is 5.69 Å². The lowest BCUT2D eigenvalue weighted by atomic mass is 9.78. The summed E-state index contributed by atoms with van der Waals surface area (Å²) in [4.78, 5) is 0. The quantitative estimate of drug-likeness (QED) is 0.797. The number of hydrogen-bond acceptors (Lipinski definition) is 2. The molecule has 2 nitrogen and oxygen atoms in total. The molecular weight excluding hydrogens is 220 g/mol. The Balaban J connectivity index is 1.94. The predicted molar refractivity (Wildman–Crippen MR) is 78.3 cm³/mol. The van der Waals surface area contributed by atoms with Crippen molar-refractivity contribution in [3.8, 4) is 0 Å². The minimum absolute atomic E-state index is 0.665. The van der Waals surface area contributed by atoms with Gasteiger partial charge < -0.3 is 11.1 Å². The normalized spacial score (nSPS) is 24.4. The van der Waals surface area contributed by atoms with Gasteiger partial charge in [-0.3, -0.25) is 0 Å². The van der Waals surface area contributed by atoms with Crippen molar-refractivity contribution in [3.63, 3.8) is 0 Å². The van der Waals surface area contributed by atoms with Crippen LogP contribution in [0.25, 0.3) is 0 Å². The molecule has 0 amide bonds. The molecule has 0 spiro atoms. The first-order valence-corrected chi connectivity index (χ1v) is 7.25. The molecule has 0 aromatic heterocycles. The Hall–Kier alpha value is -1.02. The fourth-order valence-electron chi connectivity index (χ4n) is 3.15. The largest absolute Gasteiger partial charge is 0.398 e. The van der Waals surface area contributed by atoms with Crippen molar-refractivity contribution in [1.29, 1.82) is 0 Å². The van der Waals surface area contributed by atoms with Crippen molar-refractivity contribution in [3.05, 3.63) is 29.8 Å². The van der Waals surface area contributed by atoms with Gasteiger partial charge in [-0.25, -0.2) is 0 Å². The molecule has 1 saturated carbocycles. The van der Waals surface area contributed by atoms with Crippen LogP contribution in [0.5, 0.6) is 0 Å². The summed E-state index contributed by atoms with van der Waals surface area (Å²) in [6, 6.07) is 8.83. The summed E-state index contributed by atoms with van der Waals surface area (Å²) in [5.74, 6) is 1.60. The van der Waals surface area contributed by atoms with Gasteiger partial charge >= 0.3 is 0 Å². The van der Waals surface area contributed by atoms with Gasteiger partial charge in [0.1, 0.15) is 0 Å². The van der Waals surface area contributed by atoms with Gasteiger partial charge in [-0.1, -0.05) is 44.9 Å². The van der Waals surface area contributed by atoms with E-state index in [2.05, 4.69) is 31.3 Å². The van der Waals surface area contributed by atoms with E-state index in [-0.39, 0.29) is 0 Å². The summed E-state index contributed by atoms with van der Waals surface area (Å²) in [6.45, 7) is 5.60. The Morgan fingerprint density at radius 2 is 1.94 bits per heavy atom. The number of para-hydroxylation sites is 1. The first kappa shape index (κ1) is 13.4. The third kappa shape index (κ3) is 3.26. The molecule has 1 aromatic carbocycles. The second-order valence-electron chi connectivity index (χ2n) is 5.88. The Morgan fingerprint density at radius 3 is 2.67 bits per heavy atom. The lowest BCUT2D eigenvalue weighted by Gasteiger charge is -2.35. The highest BCUT2D eigenvalue weighted by Gasteiger charge is 2.26. The van der Waals surface area contributed by atoms with E-state index in [1.807, 2.05) is 12.1 Å². The van der Waals surface area contributed by atoms with Crippen molar-refractivity contribution in [2.45, 2.75) is 52.1 Å². The average Bonchev–Trinajstić information content (AvgIpc) is 2.38. The number of anilines is 1. The van der Waals surface area contributed by atoms with Gasteiger partial charge in [0.05, 0.1) is 0 Å². The maximum atomic E-state index is 5.99. The van der Waals surface area contributed by atoms with Crippen LogP contribution in [-0.2, 0) is 6.54 Å². The van der Waals surface area contributed by atoms with Gasteiger partial charge in [-0.2, -0.15) is 0 Å². The number of nitrogen functional groups attached to an aromatic ring is 1. The summed E-state index contributed by atoms with van der Waals surface area (Å²) in [6.07, 6.45) is 5.45. The average molecular weight is 246 g/mol. The smallest absolute Gasteiger partial charge is 0.0359 e. The van der Waals surface area contributed by atoms with E-state index < -0.39 is 0 Å². The number of benzene rings is 1. The van der Waals surface area contributed by atoms with Crippen LogP contribution in [0.2, 0.25) is 0 Å². The number of rotatable bonds is 4. The van der Waals surface area contributed by atoms with E-state index in [1.54, 1.807) is 0 Å². The minimum atomic E-state index is 0.665. The van der Waals surface area contributed by atoms with Gasteiger partial charge in [0.25, 0.3) is 0 Å². The molecule has 3 N–H and O–H groups in total. The zero-order valence-corrected chi connectivity index (χ0v) is 11.7. The zero-order chi connectivity index (χ0) is 13.0. The molecule has 18 heavy (non-hydrogen) atoms. The SMILES string of the molecule is CC(C)C1CCCCC1NCc1ccccc1N. The van der Waals surface area contributed by atoms with Crippen molar-refractivity contribution in [1.82, 2.24) is 5.32 Å². The Bertz CT molecular complexity index is 373. The lowest BCUT2D eigenvalue weighted by molar-refractivity contribution is 0.205. The van der Waals surface area contributed by atoms with Crippen LogP contribution < -0.4 is 11.1 Å². The van der Waals surface area contributed by atoms with E-state index in [1.165, 1.54) is 31.2 Å². The van der Waals surface area contributed by atoms with Crippen LogP contribution in [0, 0.1) is 11.8 Å². The van der Waals surface area contributed by atoms with Crippen LogP contribution >= 0.6 is 0 Å². The van der Waals surface area contributed by atoms with Crippen LogP contribution in [0.15, 0.2) is 24.3 Å². The summed E-state index contributed by atoms with van der Waals surface area (Å²) >= 11 is 0. The second-order valence-corrected chi connectivity index (χ2v) is 5.88. The maximum absolute atomic E-state index is 5.99. The van der Waals surface area contributed by atoms with E-state index in [0.29, 0.717) is 6.04 Å². The first-order valence-electron chi connectivity index (χ1n) is 7.25. The standard InChI is InChI=1S/C16H26N2/c1-12(2)14-8-4-6-10-16(14)18-11-13-7-3-5-9-15(13)17/h3,5,7,9,12,14,16,18H,4,6,8,10-11,17H2,1-2H3. The maximum Gasteiger partial charge on any atom is 0.0359 e. The Kier molecular flexibility index (Phi) is 4.65. The Labute approximate surface area is 111 Å². The fraction of sp³-hybridized carbons (Fsp3) is 0.625. The van der Waals surface area contributed by atoms with Gasteiger partial charge in [0, 0.05) is 18.3 Å². The molecule has 0 heterocycles. The van der Waals surface area contributed by atoms with Crippen molar-refractivity contribution < 1.29 is 0 Å². The predicted octanol–water partition coefficient (Wildman–Crippen LogP) is 3.57. The molecular formula is C16H26N2. The van der Waals surface area contributed by atoms with Gasteiger partial charge in [-0.15, -0.1) is 0 Å². The van der Waals surface area contributed by atoms with Crippen molar-refractivity contribution in [2.75, 3.05) is 5.73 Å². The van der Waals surface area contributed by atoms with Gasteiger partial charge in [-0.05, 0) is 36.3 Å². The van der Waals surface area contributed by atoms with Crippen LogP contribution in [0.3, 0.4) is 0 Å². The molecule has 2 atom stereocenters. The first-order chi connectivity index (χ1) is 8.68. The molecule has 0 aliphatic heterocycles. The second kappa shape index (κ2) is 6.24. The molecule has 2 rings (SSSR count). The van der Waals surface area contributed by atoms with Crippen molar-refractivity contribution >= 4 is 5.69 Å². The summed E-state index contributed by atoms with van der Waals surface area (Å²) in [5.41, 5.74) is 8.12. The molecule has 1 aliphatic rings. The fourth-order valence-corrected chi connectivity index (χ4v) is 3.15. The topological polar surface area (TPSA) is 38.0 Å². The molecule has 1 aliphatic carbocycles. The zero-order valence-electron chi connectivity index (χ0n) is 11.7. The van der Waals surface area contributed by atoms with Gasteiger partial charge in [0.2, 0.25) is 0 Å². The lowest BCUT2D eigenvalue weighted by Crippen LogP contribution is -2.40. The molecule has 2 heteroatoms. The third-order valence-corrected chi connectivity index (χ3v) is 4.29. The van der Waals surface area contributed by atoms with Crippen LogP contribution in [-0.4, -0.2) is 6.04 Å². The number of hydrogen-bond donors (Lipinski definition) is 2. The number of nitrogens with two attached hydrogens (primary N) is 1. The van der Waals surface area contributed by atoms with E-state index in [9.17, 15) is 0 Å². The molecule has 2 unspecified atom stereocenters. The van der Waals surface area contributed by atoms with Crippen LogP contribution in [0.1, 0.15) is 45.1 Å². The van der Waals surface area contributed by atoms with Gasteiger partial charge in [0.15, 0.2) is 0 Å². The molecule has 1 aromatic rings. The molecule has 1 fully saturated rings. The highest BCUT2D eigenvalue weighted by molar-refractivity contribution is 5.46. The van der Waals surface area contributed by atoms with E-state index in [4.69, 9.17) is 5.73 Å². The summed E-state index contributed by atoms with van der Waals surface area (Å²) in [5, 5.41) is 3.73. The Morgan fingerprint density at radius 1 is 1.22 bits per heavy atom. The number of nitrogens with one attached hydrogen (secondary N) is 1. The monoisotopic (exact) mass is 246 g/mol. The highest BCUT2D eigenvalue weighted by atomic mass is 14.9. The third-order valence-electron chi connectivity index (χ3n) is 4.29. The molecule has 0 saturated heterocycles. The molecule has 0 bridgehead atoms. The molecule has 0 radical (unpaired) electrons. The molecule has 100 valence electrons. The summed E-state index contributed by atoms with van der Waals surface area (Å²) < 4.78 is 0. The van der Waals surface area contributed by atoms with Crippen molar-refractivity contribution in [2.24, 2.45) is 11.8 Å². The highest BCUT2D eigenvalue weighted by Crippen LogP contribution is 2.30. The van der Waals surface area contributed by atoms with E-state index in [0.717, 1.165) is 24.1 Å². The van der Waals surface area contributed by atoms with E-state index >= 15 is 0 Å².